The average molecular weight is 190 g/mol. The summed E-state index contributed by atoms with van der Waals surface area (Å²) >= 11 is 5.43. The molecule has 1 heterocycles. The SMILES string of the molecule is CCCOc1ccnc(Cl)c1F. The highest BCUT2D eigenvalue weighted by atomic mass is 35.5. The van der Waals surface area contributed by atoms with Crippen LogP contribution in [0.25, 0.3) is 0 Å². The van der Waals surface area contributed by atoms with E-state index in [1.165, 1.54) is 12.3 Å². The fourth-order valence-electron chi connectivity index (χ4n) is 0.725. The van der Waals surface area contributed by atoms with Gasteiger partial charge in [-0.15, -0.1) is 0 Å². The van der Waals surface area contributed by atoms with Crippen LogP contribution in [0.5, 0.6) is 5.75 Å². The molecule has 4 heteroatoms. The maximum Gasteiger partial charge on any atom is 0.202 e. The number of ether oxygens (including phenoxy) is 1. The summed E-state index contributed by atoms with van der Waals surface area (Å²) in [6.07, 6.45) is 2.25. The highest BCUT2D eigenvalue weighted by molar-refractivity contribution is 6.29. The molecule has 0 saturated heterocycles. The Bertz CT molecular complexity index is 267. The van der Waals surface area contributed by atoms with Gasteiger partial charge in [0.05, 0.1) is 6.61 Å². The molecule has 0 unspecified atom stereocenters. The Morgan fingerprint density at radius 1 is 1.67 bits per heavy atom. The maximum absolute atomic E-state index is 13.0. The minimum atomic E-state index is -0.590. The van der Waals surface area contributed by atoms with Crippen LogP contribution in [0.2, 0.25) is 5.15 Å². The number of hydrogen-bond donors (Lipinski definition) is 0. The molecule has 0 aliphatic carbocycles. The number of rotatable bonds is 3. The molecule has 0 N–H and O–H groups in total. The molecular formula is C8H9ClFNO. The zero-order valence-corrected chi connectivity index (χ0v) is 7.44. The zero-order valence-electron chi connectivity index (χ0n) is 6.68. The minimum absolute atomic E-state index is 0.149. The molecule has 0 atom stereocenters. The van der Waals surface area contributed by atoms with Crippen LogP contribution in [-0.2, 0) is 0 Å². The van der Waals surface area contributed by atoms with Crippen LogP contribution in [0.4, 0.5) is 4.39 Å². The second-order valence-electron chi connectivity index (χ2n) is 2.26. The minimum Gasteiger partial charge on any atom is -0.490 e. The van der Waals surface area contributed by atoms with Gasteiger partial charge in [0, 0.05) is 12.3 Å². The van der Waals surface area contributed by atoms with Gasteiger partial charge in [-0.1, -0.05) is 18.5 Å². The van der Waals surface area contributed by atoms with Crippen molar-refractivity contribution < 1.29 is 9.13 Å². The van der Waals surface area contributed by atoms with Crippen LogP contribution in [0, 0.1) is 5.82 Å². The van der Waals surface area contributed by atoms with Gasteiger partial charge in [-0.25, -0.2) is 4.98 Å². The predicted molar refractivity (Wildman–Crippen MR) is 45.0 cm³/mol. The molecule has 12 heavy (non-hydrogen) atoms. The van der Waals surface area contributed by atoms with E-state index in [2.05, 4.69) is 4.98 Å². The largest absolute Gasteiger partial charge is 0.490 e. The first kappa shape index (κ1) is 9.26. The molecular weight excluding hydrogens is 181 g/mol. The van der Waals surface area contributed by atoms with Gasteiger partial charge in [0.25, 0.3) is 0 Å². The Kier molecular flexibility index (Phi) is 3.29. The van der Waals surface area contributed by atoms with Crippen molar-refractivity contribution in [3.63, 3.8) is 0 Å². The highest BCUT2D eigenvalue weighted by Gasteiger charge is 2.07. The Morgan fingerprint density at radius 2 is 2.42 bits per heavy atom. The molecule has 1 aromatic rings. The van der Waals surface area contributed by atoms with Gasteiger partial charge in [0.15, 0.2) is 10.9 Å². The van der Waals surface area contributed by atoms with E-state index >= 15 is 0 Å². The van der Waals surface area contributed by atoms with Crippen LogP contribution in [-0.4, -0.2) is 11.6 Å². The van der Waals surface area contributed by atoms with Crippen molar-refractivity contribution in [1.29, 1.82) is 0 Å². The normalized spacial score (nSPS) is 9.92. The highest BCUT2D eigenvalue weighted by Crippen LogP contribution is 2.21. The van der Waals surface area contributed by atoms with E-state index in [-0.39, 0.29) is 10.9 Å². The Balaban J connectivity index is 2.78. The van der Waals surface area contributed by atoms with E-state index in [9.17, 15) is 4.39 Å². The van der Waals surface area contributed by atoms with Gasteiger partial charge >= 0.3 is 0 Å². The maximum atomic E-state index is 13.0. The first-order valence-electron chi connectivity index (χ1n) is 3.68. The molecule has 0 amide bonds. The smallest absolute Gasteiger partial charge is 0.202 e. The fourth-order valence-corrected chi connectivity index (χ4v) is 0.875. The molecule has 0 radical (unpaired) electrons. The molecule has 0 spiro atoms. The molecule has 0 fully saturated rings. The van der Waals surface area contributed by atoms with Gasteiger partial charge in [0.2, 0.25) is 5.82 Å². The van der Waals surface area contributed by atoms with Crippen molar-refractivity contribution in [2.75, 3.05) is 6.61 Å². The van der Waals surface area contributed by atoms with Crippen LogP contribution < -0.4 is 4.74 Å². The quantitative estimate of drug-likeness (QED) is 0.682. The van der Waals surface area contributed by atoms with Crippen molar-refractivity contribution in [3.05, 3.63) is 23.2 Å². The fraction of sp³-hybridized carbons (Fsp3) is 0.375. The molecule has 2 nitrogen and oxygen atoms in total. The second kappa shape index (κ2) is 4.26. The molecule has 0 bridgehead atoms. The van der Waals surface area contributed by atoms with Crippen LogP contribution in [0.15, 0.2) is 12.3 Å². The standard InChI is InChI=1S/C8H9ClFNO/c1-2-5-12-6-3-4-11-8(9)7(6)10/h3-4H,2,5H2,1H3. The third-order valence-electron chi connectivity index (χ3n) is 1.27. The molecule has 0 aliphatic heterocycles. The van der Waals surface area contributed by atoms with E-state index in [4.69, 9.17) is 16.3 Å². The van der Waals surface area contributed by atoms with Crippen molar-refractivity contribution in [2.45, 2.75) is 13.3 Å². The lowest BCUT2D eigenvalue weighted by molar-refractivity contribution is 0.300. The van der Waals surface area contributed by atoms with Gasteiger partial charge in [-0.05, 0) is 6.42 Å². The monoisotopic (exact) mass is 189 g/mol. The summed E-state index contributed by atoms with van der Waals surface area (Å²) in [6.45, 7) is 2.43. The molecule has 0 aliphatic rings. The molecule has 0 aromatic carbocycles. The van der Waals surface area contributed by atoms with Crippen molar-refractivity contribution in [3.8, 4) is 5.75 Å². The first-order valence-corrected chi connectivity index (χ1v) is 4.06. The summed E-state index contributed by atoms with van der Waals surface area (Å²) in [7, 11) is 0. The first-order chi connectivity index (χ1) is 5.75. The Hall–Kier alpha value is -0.830. The van der Waals surface area contributed by atoms with Gasteiger partial charge < -0.3 is 4.74 Å². The number of hydrogen-bond acceptors (Lipinski definition) is 2. The van der Waals surface area contributed by atoms with E-state index < -0.39 is 5.82 Å². The Morgan fingerprint density at radius 3 is 3.08 bits per heavy atom. The number of aromatic nitrogens is 1. The summed E-state index contributed by atoms with van der Waals surface area (Å²) in [5.41, 5.74) is 0. The van der Waals surface area contributed by atoms with E-state index in [1.54, 1.807) is 0 Å². The summed E-state index contributed by atoms with van der Waals surface area (Å²) in [6, 6.07) is 1.46. The van der Waals surface area contributed by atoms with Gasteiger partial charge in [0.1, 0.15) is 0 Å². The topological polar surface area (TPSA) is 22.1 Å². The zero-order chi connectivity index (χ0) is 8.97. The van der Waals surface area contributed by atoms with Crippen molar-refractivity contribution in [1.82, 2.24) is 4.98 Å². The average Bonchev–Trinajstić information content (AvgIpc) is 2.08. The molecule has 0 saturated carbocycles. The lowest BCUT2D eigenvalue weighted by Gasteiger charge is -2.04. The van der Waals surface area contributed by atoms with Gasteiger partial charge in [-0.2, -0.15) is 4.39 Å². The van der Waals surface area contributed by atoms with E-state index in [1.807, 2.05) is 6.92 Å². The van der Waals surface area contributed by atoms with Crippen molar-refractivity contribution >= 4 is 11.6 Å². The number of halogens is 2. The van der Waals surface area contributed by atoms with Crippen LogP contribution >= 0.6 is 11.6 Å². The summed E-state index contributed by atoms with van der Waals surface area (Å²) in [5, 5.41) is -0.149. The second-order valence-corrected chi connectivity index (χ2v) is 2.62. The lowest BCUT2D eigenvalue weighted by Crippen LogP contribution is -1.98. The van der Waals surface area contributed by atoms with Crippen molar-refractivity contribution in [2.24, 2.45) is 0 Å². The predicted octanol–water partition coefficient (Wildman–Crippen LogP) is 2.66. The lowest BCUT2D eigenvalue weighted by atomic mass is 10.4. The third-order valence-corrected chi connectivity index (χ3v) is 1.54. The van der Waals surface area contributed by atoms with Gasteiger partial charge in [-0.3, -0.25) is 0 Å². The number of nitrogens with zero attached hydrogens (tertiary/aromatic N) is 1. The van der Waals surface area contributed by atoms with Crippen LogP contribution in [0.1, 0.15) is 13.3 Å². The third kappa shape index (κ3) is 2.08. The number of pyridine rings is 1. The van der Waals surface area contributed by atoms with E-state index in [0.29, 0.717) is 6.61 Å². The molecule has 66 valence electrons. The van der Waals surface area contributed by atoms with E-state index in [0.717, 1.165) is 6.42 Å². The summed E-state index contributed by atoms with van der Waals surface area (Å²) < 4.78 is 18.1. The molecule has 1 rings (SSSR count). The summed E-state index contributed by atoms with van der Waals surface area (Å²) in [4.78, 5) is 3.56. The molecule has 1 aromatic heterocycles. The Labute approximate surface area is 75.3 Å². The van der Waals surface area contributed by atoms with Crippen LogP contribution in [0.3, 0.4) is 0 Å². The summed E-state index contributed by atoms with van der Waals surface area (Å²) in [5.74, 6) is -0.426.